The molecule has 0 aromatic carbocycles. The number of nitrogens with zero attached hydrogens (tertiary/aromatic N) is 3. The van der Waals surface area contributed by atoms with Gasteiger partial charge in [-0.1, -0.05) is 0 Å². The molecule has 1 heterocycles. The number of carbonyl (C=O) groups excluding carboxylic acids is 1. The summed E-state index contributed by atoms with van der Waals surface area (Å²) in [6.45, 7) is 0.825. The van der Waals surface area contributed by atoms with Gasteiger partial charge in [0, 0.05) is 39.6 Å². The highest BCUT2D eigenvalue weighted by molar-refractivity contribution is 7.97. The molecule has 0 spiro atoms. The minimum absolute atomic E-state index is 0.175. The Labute approximate surface area is 99.5 Å². The summed E-state index contributed by atoms with van der Waals surface area (Å²) in [5, 5.41) is 2.49. The Morgan fingerprint density at radius 2 is 2.44 bits per heavy atom. The van der Waals surface area contributed by atoms with Crippen LogP contribution < -0.4 is 14.9 Å². The van der Waals surface area contributed by atoms with Crippen molar-refractivity contribution in [2.45, 2.75) is 0 Å². The Bertz CT molecular complexity index is 340. The zero-order valence-electron chi connectivity index (χ0n) is 9.73. The summed E-state index contributed by atoms with van der Waals surface area (Å²) in [6, 6.07) is -0.175. The maximum atomic E-state index is 10.9. The van der Waals surface area contributed by atoms with Gasteiger partial charge in [-0.05, 0) is 11.9 Å². The molecule has 0 aliphatic carbocycles. The minimum atomic E-state index is -0.175. The summed E-state index contributed by atoms with van der Waals surface area (Å²) in [7, 11) is 5.50. The molecule has 0 aliphatic heterocycles. The number of anilines is 1. The Morgan fingerprint density at radius 3 is 3.00 bits per heavy atom. The van der Waals surface area contributed by atoms with Crippen molar-refractivity contribution in [2.24, 2.45) is 7.05 Å². The number of rotatable bonds is 5. The second-order valence-electron chi connectivity index (χ2n) is 3.35. The number of hydrogen-bond donors (Lipinski definition) is 2. The lowest BCUT2D eigenvalue weighted by molar-refractivity contribution is 0.248. The van der Waals surface area contributed by atoms with Crippen LogP contribution in [0, 0.1) is 0 Å². The van der Waals surface area contributed by atoms with Crippen molar-refractivity contribution in [3.8, 4) is 0 Å². The number of imidazole rings is 1. The molecule has 0 bridgehead atoms. The molecular formula is C9H17N5OS. The first-order valence-corrected chi connectivity index (χ1v) is 5.90. The highest BCUT2D eigenvalue weighted by atomic mass is 32.2. The predicted molar refractivity (Wildman–Crippen MR) is 66.5 cm³/mol. The Kier molecular flexibility index (Phi) is 4.97. The zero-order valence-corrected chi connectivity index (χ0v) is 10.5. The van der Waals surface area contributed by atoms with E-state index in [0.717, 1.165) is 18.1 Å². The van der Waals surface area contributed by atoms with E-state index in [0.29, 0.717) is 0 Å². The van der Waals surface area contributed by atoms with E-state index in [2.05, 4.69) is 15.0 Å². The van der Waals surface area contributed by atoms with Gasteiger partial charge in [0.1, 0.15) is 5.82 Å². The first-order chi connectivity index (χ1) is 7.63. The summed E-state index contributed by atoms with van der Waals surface area (Å²) in [5.74, 6) is 1.74. The molecule has 1 rings (SSSR count). The summed E-state index contributed by atoms with van der Waals surface area (Å²) < 4.78 is 4.56. The van der Waals surface area contributed by atoms with E-state index in [4.69, 9.17) is 0 Å². The van der Waals surface area contributed by atoms with Gasteiger partial charge in [0.15, 0.2) is 0 Å². The standard InChI is InChI=1S/C9H17N5OS/c1-10-9(15)12-16-5-4-14(3)8-6-13(2)7-11-8/h6-7H,4-5H2,1-3H3,(H2,10,12,15). The minimum Gasteiger partial charge on any atom is -0.358 e. The van der Waals surface area contributed by atoms with Crippen LogP contribution in [-0.4, -0.2) is 42.0 Å². The molecule has 0 aliphatic rings. The monoisotopic (exact) mass is 243 g/mol. The van der Waals surface area contributed by atoms with Crippen LogP contribution in [0.4, 0.5) is 10.6 Å². The van der Waals surface area contributed by atoms with E-state index < -0.39 is 0 Å². The molecule has 2 N–H and O–H groups in total. The van der Waals surface area contributed by atoms with Gasteiger partial charge in [-0.2, -0.15) is 0 Å². The zero-order chi connectivity index (χ0) is 12.0. The fourth-order valence-corrected chi connectivity index (χ4v) is 1.76. The van der Waals surface area contributed by atoms with Crippen LogP contribution in [-0.2, 0) is 7.05 Å². The van der Waals surface area contributed by atoms with E-state index in [1.165, 1.54) is 11.9 Å². The third-order valence-electron chi connectivity index (χ3n) is 2.00. The van der Waals surface area contributed by atoms with E-state index in [-0.39, 0.29) is 6.03 Å². The number of amides is 2. The topological polar surface area (TPSA) is 62.2 Å². The number of aryl methyl sites for hydroxylation is 1. The fraction of sp³-hybridized carbons (Fsp3) is 0.556. The van der Waals surface area contributed by atoms with Crippen LogP contribution in [0.2, 0.25) is 0 Å². The molecule has 90 valence electrons. The molecule has 2 amide bonds. The lowest BCUT2D eigenvalue weighted by Crippen LogP contribution is -2.29. The third kappa shape index (κ3) is 4.01. The molecule has 0 saturated heterocycles. The number of carbonyl (C=O) groups is 1. The smallest absolute Gasteiger partial charge is 0.324 e. The molecule has 0 atom stereocenters. The maximum Gasteiger partial charge on any atom is 0.324 e. The highest BCUT2D eigenvalue weighted by Gasteiger charge is 2.03. The van der Waals surface area contributed by atoms with Gasteiger partial charge < -0.3 is 14.8 Å². The van der Waals surface area contributed by atoms with Crippen molar-refractivity contribution in [3.05, 3.63) is 12.5 Å². The SMILES string of the molecule is CNC(=O)NSCCN(C)c1cn(C)cn1. The average Bonchev–Trinajstić information content (AvgIpc) is 2.70. The molecule has 16 heavy (non-hydrogen) atoms. The molecular weight excluding hydrogens is 226 g/mol. The summed E-state index contributed by atoms with van der Waals surface area (Å²) in [4.78, 5) is 17.1. The van der Waals surface area contributed by atoms with Crippen molar-refractivity contribution in [3.63, 3.8) is 0 Å². The van der Waals surface area contributed by atoms with Gasteiger partial charge in [-0.25, -0.2) is 9.78 Å². The average molecular weight is 243 g/mol. The number of hydrogen-bond acceptors (Lipinski definition) is 4. The summed E-state index contributed by atoms with van der Waals surface area (Å²) >= 11 is 1.38. The third-order valence-corrected chi connectivity index (χ3v) is 2.72. The van der Waals surface area contributed by atoms with Crippen LogP contribution in [0.1, 0.15) is 0 Å². The van der Waals surface area contributed by atoms with Crippen molar-refractivity contribution in [1.82, 2.24) is 19.6 Å². The van der Waals surface area contributed by atoms with Gasteiger partial charge in [-0.3, -0.25) is 4.72 Å². The number of urea groups is 1. The number of aromatic nitrogens is 2. The Morgan fingerprint density at radius 1 is 1.69 bits per heavy atom. The molecule has 7 heteroatoms. The molecule has 0 unspecified atom stereocenters. The van der Waals surface area contributed by atoms with Gasteiger partial charge in [0.2, 0.25) is 0 Å². The van der Waals surface area contributed by atoms with Gasteiger partial charge in [-0.15, -0.1) is 0 Å². The molecule has 6 nitrogen and oxygen atoms in total. The molecule has 1 aromatic rings. The first-order valence-electron chi connectivity index (χ1n) is 4.92. The molecule has 0 radical (unpaired) electrons. The molecule has 0 fully saturated rings. The highest BCUT2D eigenvalue weighted by Crippen LogP contribution is 2.07. The van der Waals surface area contributed by atoms with Crippen LogP contribution in [0.25, 0.3) is 0 Å². The molecule has 1 aromatic heterocycles. The second-order valence-corrected chi connectivity index (χ2v) is 4.25. The number of nitrogens with one attached hydrogen (secondary N) is 2. The van der Waals surface area contributed by atoms with E-state index in [1.807, 2.05) is 29.8 Å². The van der Waals surface area contributed by atoms with Crippen molar-refractivity contribution < 1.29 is 4.79 Å². The lowest BCUT2D eigenvalue weighted by Gasteiger charge is -2.15. The van der Waals surface area contributed by atoms with Crippen LogP contribution >= 0.6 is 11.9 Å². The summed E-state index contributed by atoms with van der Waals surface area (Å²) in [6.07, 6.45) is 3.72. The van der Waals surface area contributed by atoms with E-state index in [9.17, 15) is 4.79 Å². The van der Waals surface area contributed by atoms with Crippen molar-refractivity contribution >= 4 is 23.8 Å². The van der Waals surface area contributed by atoms with Crippen molar-refractivity contribution in [2.75, 3.05) is 31.3 Å². The largest absolute Gasteiger partial charge is 0.358 e. The Hall–Kier alpha value is -1.37. The first kappa shape index (κ1) is 12.7. The lowest BCUT2D eigenvalue weighted by atomic mass is 10.6. The predicted octanol–water partition coefficient (Wildman–Crippen LogP) is 0.433. The maximum absolute atomic E-state index is 10.9. The molecule has 0 saturated carbocycles. The summed E-state index contributed by atoms with van der Waals surface area (Å²) in [5.41, 5.74) is 0. The van der Waals surface area contributed by atoms with Crippen molar-refractivity contribution in [1.29, 1.82) is 0 Å². The quantitative estimate of drug-likeness (QED) is 0.581. The van der Waals surface area contributed by atoms with E-state index >= 15 is 0 Å². The van der Waals surface area contributed by atoms with E-state index in [1.54, 1.807) is 13.4 Å². The van der Waals surface area contributed by atoms with Crippen LogP contribution in [0.15, 0.2) is 12.5 Å². The van der Waals surface area contributed by atoms with Gasteiger partial charge in [0.05, 0.1) is 6.33 Å². The van der Waals surface area contributed by atoms with Crippen LogP contribution in [0.3, 0.4) is 0 Å². The van der Waals surface area contributed by atoms with Gasteiger partial charge >= 0.3 is 6.03 Å². The second kappa shape index (κ2) is 6.26. The normalized spacial score (nSPS) is 9.94. The van der Waals surface area contributed by atoms with Crippen LogP contribution in [0.5, 0.6) is 0 Å². The Balaban J connectivity index is 2.20. The fourth-order valence-electron chi connectivity index (χ4n) is 1.06. The van der Waals surface area contributed by atoms with Gasteiger partial charge in [0.25, 0.3) is 0 Å².